The average Bonchev–Trinajstić information content (AvgIpc) is 1.59. The Hall–Kier alpha value is -12.3. The standard InChI is InChI=1S/C79H47N9O/c1-5-17-48(18-6-1)66-45-67(49-19-7-2-8-20-49)84-79(83-66)88-72-36-32-53(39-60(72)63-42-73-62(41-75(63)88)56-25-13-15-27-68(56)85(73)54-21-9-3-10-22-54)52-31-35-71-59(38-52)58-37-51(30-34-70(58)87(71)78-81-46-80-47-82-78)50-29-33-69-61(40-50)64-44-77-65(57-26-14-16-28-76(57)89-77)43-74(64)86(69)55-23-11-4-12-24-55/h1-47H. The van der Waals surface area contributed by atoms with Gasteiger partial charge in [-0.05, 0) is 138 Å². The van der Waals surface area contributed by atoms with E-state index in [0.29, 0.717) is 11.9 Å². The number of para-hydroxylation sites is 4. The summed E-state index contributed by atoms with van der Waals surface area (Å²) >= 11 is 0. The fourth-order valence-corrected chi connectivity index (χ4v) is 14.0. The molecule has 0 saturated heterocycles. The van der Waals surface area contributed by atoms with Crippen molar-refractivity contribution in [2.45, 2.75) is 0 Å². The second kappa shape index (κ2) is 19.1. The zero-order valence-electron chi connectivity index (χ0n) is 47.6. The lowest BCUT2D eigenvalue weighted by molar-refractivity contribution is 0.669. The van der Waals surface area contributed by atoms with E-state index in [-0.39, 0.29) is 0 Å². The summed E-state index contributed by atoms with van der Waals surface area (Å²) < 4.78 is 15.7. The highest BCUT2D eigenvalue weighted by Crippen LogP contribution is 2.45. The van der Waals surface area contributed by atoms with Gasteiger partial charge in [-0.1, -0.05) is 158 Å². The first-order valence-electron chi connectivity index (χ1n) is 29.9. The number of furan rings is 1. The Morgan fingerprint density at radius 3 is 1.15 bits per heavy atom. The van der Waals surface area contributed by atoms with E-state index in [2.05, 4.69) is 272 Å². The maximum Gasteiger partial charge on any atom is 0.237 e. The van der Waals surface area contributed by atoms with Gasteiger partial charge in [0.1, 0.15) is 23.8 Å². The highest BCUT2D eigenvalue weighted by atomic mass is 16.3. The molecule has 0 aliphatic heterocycles. The number of benzene rings is 12. The SMILES string of the molecule is c1ccc(-c2cc(-c3ccccc3)nc(-n3c4ccc(-c5ccc6c(c5)c5cc(-c7ccc8c(c7)c7cc9oc%10ccccc%10c9cc7n8-c7ccccc7)ccc5n6-c5ncncn5)cc4c4cc5c(cc43)c3ccccc3n5-c3ccccc3)n2)cc1. The van der Waals surface area contributed by atoms with Crippen molar-refractivity contribution in [2.24, 2.45) is 0 Å². The van der Waals surface area contributed by atoms with E-state index in [1.165, 1.54) is 5.39 Å². The molecule has 0 radical (unpaired) electrons. The Morgan fingerprint density at radius 2 is 0.618 bits per heavy atom. The van der Waals surface area contributed by atoms with E-state index in [4.69, 9.17) is 24.4 Å². The summed E-state index contributed by atoms with van der Waals surface area (Å²) in [5, 5.41) is 11.1. The lowest BCUT2D eigenvalue weighted by Gasteiger charge is -2.12. The molecule has 89 heavy (non-hydrogen) atoms. The molecule has 0 saturated carbocycles. The van der Waals surface area contributed by atoms with Crippen molar-refractivity contribution in [3.05, 3.63) is 286 Å². The first-order chi connectivity index (χ1) is 44.1. The molecule has 0 aliphatic rings. The highest BCUT2D eigenvalue weighted by Gasteiger charge is 2.24. The van der Waals surface area contributed by atoms with Crippen LogP contribution in [0.1, 0.15) is 0 Å². The monoisotopic (exact) mass is 1140 g/mol. The molecule has 19 aromatic rings. The predicted molar refractivity (Wildman–Crippen MR) is 362 cm³/mol. The summed E-state index contributed by atoms with van der Waals surface area (Å²) in [6.45, 7) is 0. The van der Waals surface area contributed by atoms with Gasteiger partial charge >= 0.3 is 0 Å². The van der Waals surface area contributed by atoms with Crippen LogP contribution in [0.5, 0.6) is 0 Å². The zero-order valence-corrected chi connectivity index (χ0v) is 47.6. The molecule has 12 aromatic carbocycles. The third kappa shape index (κ3) is 7.54. The van der Waals surface area contributed by atoms with Crippen LogP contribution >= 0.6 is 0 Å². The highest BCUT2D eigenvalue weighted by molar-refractivity contribution is 6.21. The Labute approximate surface area is 507 Å². The predicted octanol–water partition coefficient (Wildman–Crippen LogP) is 19.6. The van der Waals surface area contributed by atoms with E-state index in [1.807, 2.05) is 24.3 Å². The first-order valence-corrected chi connectivity index (χ1v) is 29.9. The Kier molecular flexibility index (Phi) is 10.5. The Balaban J connectivity index is 0.827. The fraction of sp³-hybridized carbons (Fsp3) is 0. The topological polar surface area (TPSA) is 97.3 Å². The average molecular weight is 1140 g/mol. The summed E-state index contributed by atoms with van der Waals surface area (Å²) in [6, 6.07) is 97.7. The minimum Gasteiger partial charge on any atom is -0.456 e. The van der Waals surface area contributed by atoms with E-state index >= 15 is 0 Å². The summed E-state index contributed by atoms with van der Waals surface area (Å²) in [7, 11) is 0. The molecular formula is C79H47N9O. The molecule has 0 bridgehead atoms. The molecule has 19 rings (SSSR count). The van der Waals surface area contributed by atoms with Gasteiger partial charge in [0.25, 0.3) is 0 Å². The van der Waals surface area contributed by atoms with Gasteiger partial charge in [-0.15, -0.1) is 0 Å². The van der Waals surface area contributed by atoms with E-state index < -0.39 is 0 Å². The number of rotatable bonds is 8. The molecule has 10 heteroatoms. The molecule has 0 atom stereocenters. The second-order valence-electron chi connectivity index (χ2n) is 22.9. The fourth-order valence-electron chi connectivity index (χ4n) is 14.0. The van der Waals surface area contributed by atoms with Gasteiger partial charge in [0, 0.05) is 76.4 Å². The molecule has 7 heterocycles. The first kappa shape index (κ1) is 49.0. The van der Waals surface area contributed by atoms with Crippen molar-refractivity contribution >= 4 is 109 Å². The molecule has 0 unspecified atom stereocenters. The van der Waals surface area contributed by atoms with Crippen LogP contribution < -0.4 is 0 Å². The lowest BCUT2D eigenvalue weighted by atomic mass is 9.98. The van der Waals surface area contributed by atoms with E-state index in [1.54, 1.807) is 12.7 Å². The van der Waals surface area contributed by atoms with Gasteiger partial charge in [-0.25, -0.2) is 24.9 Å². The third-order valence-electron chi connectivity index (χ3n) is 18.0. The van der Waals surface area contributed by atoms with E-state index in [9.17, 15) is 0 Å². The maximum atomic E-state index is 6.52. The Bertz CT molecular complexity index is 6030. The van der Waals surface area contributed by atoms with Gasteiger partial charge in [0.2, 0.25) is 11.9 Å². The van der Waals surface area contributed by atoms with Crippen molar-refractivity contribution in [2.75, 3.05) is 0 Å². The molecule has 0 fully saturated rings. The van der Waals surface area contributed by atoms with Gasteiger partial charge in [-0.3, -0.25) is 9.13 Å². The van der Waals surface area contributed by atoms with Crippen molar-refractivity contribution < 1.29 is 4.42 Å². The van der Waals surface area contributed by atoms with Gasteiger partial charge in [0.15, 0.2) is 0 Å². The van der Waals surface area contributed by atoms with Crippen LogP contribution in [0.4, 0.5) is 0 Å². The summed E-state index contributed by atoms with van der Waals surface area (Å²) in [5.74, 6) is 1.15. The molecule has 0 amide bonds. The van der Waals surface area contributed by atoms with Crippen molar-refractivity contribution in [3.8, 4) is 68.0 Å². The van der Waals surface area contributed by atoms with Crippen LogP contribution in [0.2, 0.25) is 0 Å². The third-order valence-corrected chi connectivity index (χ3v) is 18.0. The second-order valence-corrected chi connectivity index (χ2v) is 22.9. The van der Waals surface area contributed by atoms with Crippen LogP contribution in [0, 0.1) is 0 Å². The smallest absolute Gasteiger partial charge is 0.237 e. The van der Waals surface area contributed by atoms with Crippen molar-refractivity contribution in [1.82, 2.24) is 43.2 Å². The molecular weight excluding hydrogens is 1090 g/mol. The van der Waals surface area contributed by atoms with Crippen LogP contribution in [-0.2, 0) is 0 Å². The van der Waals surface area contributed by atoms with Crippen LogP contribution in [0.3, 0.4) is 0 Å². The molecule has 7 aromatic heterocycles. The lowest BCUT2D eigenvalue weighted by Crippen LogP contribution is -2.04. The largest absolute Gasteiger partial charge is 0.456 e. The molecule has 0 N–H and O–H groups in total. The molecule has 414 valence electrons. The Morgan fingerprint density at radius 1 is 0.236 bits per heavy atom. The minimum absolute atomic E-state index is 0.551. The van der Waals surface area contributed by atoms with Gasteiger partial charge < -0.3 is 13.6 Å². The number of hydrogen-bond acceptors (Lipinski definition) is 6. The van der Waals surface area contributed by atoms with Crippen LogP contribution in [0.15, 0.2) is 290 Å². The quantitative estimate of drug-likeness (QED) is 0.150. The zero-order chi connectivity index (χ0) is 58.3. The number of fused-ring (bicyclic) bond motifs is 15. The van der Waals surface area contributed by atoms with Gasteiger partial charge in [0.05, 0.1) is 55.5 Å². The van der Waals surface area contributed by atoms with Crippen molar-refractivity contribution in [1.29, 1.82) is 0 Å². The molecule has 10 nitrogen and oxygen atoms in total. The van der Waals surface area contributed by atoms with Crippen LogP contribution in [-0.4, -0.2) is 43.2 Å². The minimum atomic E-state index is 0.551. The van der Waals surface area contributed by atoms with Crippen molar-refractivity contribution in [3.63, 3.8) is 0 Å². The normalized spacial score (nSPS) is 12.0. The maximum absolute atomic E-state index is 6.52. The summed E-state index contributed by atoms with van der Waals surface area (Å²) in [4.78, 5) is 24.6. The summed E-state index contributed by atoms with van der Waals surface area (Å²) in [6.07, 6.45) is 3.13. The number of hydrogen-bond donors (Lipinski definition) is 0. The molecule has 0 spiro atoms. The van der Waals surface area contributed by atoms with E-state index in [0.717, 1.165) is 160 Å². The van der Waals surface area contributed by atoms with Gasteiger partial charge in [-0.2, -0.15) is 0 Å². The van der Waals surface area contributed by atoms with Crippen LogP contribution in [0.25, 0.3) is 177 Å². The number of aromatic nitrogens is 9. The molecule has 0 aliphatic carbocycles. The number of nitrogens with zero attached hydrogens (tertiary/aromatic N) is 9. The summed E-state index contributed by atoms with van der Waals surface area (Å²) in [5.41, 5.74) is 20.5.